The summed E-state index contributed by atoms with van der Waals surface area (Å²) in [6.45, 7) is 3.78. The van der Waals surface area contributed by atoms with Crippen LogP contribution in [0, 0.1) is 5.82 Å². The molecule has 0 fully saturated rings. The Morgan fingerprint density at radius 1 is 1.38 bits per heavy atom. The number of nitrogens with zero attached hydrogens (tertiary/aromatic N) is 2. The van der Waals surface area contributed by atoms with E-state index in [0.717, 1.165) is 11.4 Å². The summed E-state index contributed by atoms with van der Waals surface area (Å²) in [6.07, 6.45) is 3.34. The summed E-state index contributed by atoms with van der Waals surface area (Å²) in [5, 5.41) is 0. The van der Waals surface area contributed by atoms with Gasteiger partial charge in [-0.15, -0.1) is 0 Å². The highest BCUT2D eigenvalue weighted by Crippen LogP contribution is 2.20. The molecule has 0 radical (unpaired) electrons. The third-order valence-electron chi connectivity index (χ3n) is 2.39. The fourth-order valence-corrected chi connectivity index (χ4v) is 1.60. The van der Waals surface area contributed by atoms with E-state index in [9.17, 15) is 4.39 Å². The molecule has 0 saturated heterocycles. The Labute approximate surface area is 93.7 Å². The SMILES string of the molecule is CC(C)(N)c1cncn1-c1cccc(F)c1. The average molecular weight is 219 g/mol. The first-order valence-corrected chi connectivity index (χ1v) is 5.06. The van der Waals surface area contributed by atoms with Crippen LogP contribution in [0.4, 0.5) is 4.39 Å². The van der Waals surface area contributed by atoms with Crippen LogP contribution >= 0.6 is 0 Å². The maximum absolute atomic E-state index is 13.1. The van der Waals surface area contributed by atoms with Gasteiger partial charge in [0, 0.05) is 5.69 Å². The Hall–Kier alpha value is -1.68. The molecule has 2 rings (SSSR count). The van der Waals surface area contributed by atoms with Crippen molar-refractivity contribution in [1.82, 2.24) is 9.55 Å². The maximum Gasteiger partial charge on any atom is 0.125 e. The minimum Gasteiger partial charge on any atom is -0.321 e. The van der Waals surface area contributed by atoms with Crippen LogP contribution in [0.3, 0.4) is 0 Å². The minimum atomic E-state index is -0.511. The molecule has 84 valence electrons. The topological polar surface area (TPSA) is 43.8 Å². The van der Waals surface area contributed by atoms with Crippen LogP contribution in [0.1, 0.15) is 19.5 Å². The van der Waals surface area contributed by atoms with Crippen molar-refractivity contribution in [3.8, 4) is 5.69 Å². The number of aromatic nitrogens is 2. The molecular formula is C12H14FN3. The van der Waals surface area contributed by atoms with Crippen LogP contribution in [-0.4, -0.2) is 9.55 Å². The highest BCUT2D eigenvalue weighted by molar-refractivity contribution is 5.35. The molecule has 1 aromatic heterocycles. The van der Waals surface area contributed by atoms with E-state index in [1.807, 2.05) is 19.9 Å². The Balaban J connectivity index is 2.53. The van der Waals surface area contributed by atoms with E-state index in [2.05, 4.69) is 4.98 Å². The summed E-state index contributed by atoms with van der Waals surface area (Å²) in [6, 6.07) is 6.35. The van der Waals surface area contributed by atoms with Crippen molar-refractivity contribution in [1.29, 1.82) is 0 Å². The van der Waals surface area contributed by atoms with Gasteiger partial charge in [-0.05, 0) is 32.0 Å². The van der Waals surface area contributed by atoms with Gasteiger partial charge in [0.2, 0.25) is 0 Å². The van der Waals surface area contributed by atoms with E-state index < -0.39 is 5.54 Å². The zero-order valence-corrected chi connectivity index (χ0v) is 9.31. The van der Waals surface area contributed by atoms with Crippen molar-refractivity contribution in [3.05, 3.63) is 48.3 Å². The number of rotatable bonds is 2. The second-order valence-corrected chi connectivity index (χ2v) is 4.35. The highest BCUT2D eigenvalue weighted by atomic mass is 19.1. The third kappa shape index (κ3) is 1.97. The first-order valence-electron chi connectivity index (χ1n) is 5.06. The Bertz CT molecular complexity index is 497. The lowest BCUT2D eigenvalue weighted by molar-refractivity contribution is 0.524. The minimum absolute atomic E-state index is 0.271. The van der Waals surface area contributed by atoms with Gasteiger partial charge in [0.1, 0.15) is 5.82 Å². The number of nitrogens with two attached hydrogens (primary N) is 1. The molecule has 0 atom stereocenters. The molecule has 0 spiro atoms. The van der Waals surface area contributed by atoms with Gasteiger partial charge in [0.15, 0.2) is 0 Å². The Kier molecular flexibility index (Phi) is 2.52. The molecule has 2 aromatic rings. The van der Waals surface area contributed by atoms with Gasteiger partial charge in [0.25, 0.3) is 0 Å². The number of hydrogen-bond acceptors (Lipinski definition) is 2. The van der Waals surface area contributed by atoms with Crippen molar-refractivity contribution >= 4 is 0 Å². The molecule has 1 heterocycles. The molecule has 2 N–H and O–H groups in total. The summed E-state index contributed by atoms with van der Waals surface area (Å²) >= 11 is 0. The Morgan fingerprint density at radius 2 is 2.12 bits per heavy atom. The van der Waals surface area contributed by atoms with Crippen LogP contribution in [0.2, 0.25) is 0 Å². The van der Waals surface area contributed by atoms with E-state index >= 15 is 0 Å². The number of halogens is 1. The van der Waals surface area contributed by atoms with Crippen molar-refractivity contribution < 1.29 is 4.39 Å². The van der Waals surface area contributed by atoms with Gasteiger partial charge >= 0.3 is 0 Å². The van der Waals surface area contributed by atoms with Gasteiger partial charge in [-0.2, -0.15) is 0 Å². The molecule has 0 amide bonds. The van der Waals surface area contributed by atoms with Gasteiger partial charge < -0.3 is 10.3 Å². The molecule has 0 aliphatic rings. The monoisotopic (exact) mass is 219 g/mol. The predicted octanol–water partition coefficient (Wildman–Crippen LogP) is 2.21. The van der Waals surface area contributed by atoms with Crippen LogP contribution in [0.25, 0.3) is 5.69 Å². The summed E-state index contributed by atoms with van der Waals surface area (Å²) in [5.74, 6) is -0.271. The molecule has 1 aromatic carbocycles. The van der Waals surface area contributed by atoms with E-state index in [0.29, 0.717) is 0 Å². The lowest BCUT2D eigenvalue weighted by Crippen LogP contribution is -2.31. The molecule has 0 aliphatic heterocycles. The molecule has 0 saturated carbocycles. The van der Waals surface area contributed by atoms with Gasteiger partial charge in [-0.1, -0.05) is 6.07 Å². The summed E-state index contributed by atoms with van der Waals surface area (Å²) in [4.78, 5) is 4.06. The normalized spacial score (nSPS) is 11.8. The quantitative estimate of drug-likeness (QED) is 0.841. The zero-order chi connectivity index (χ0) is 11.8. The summed E-state index contributed by atoms with van der Waals surface area (Å²) in [7, 11) is 0. The highest BCUT2D eigenvalue weighted by Gasteiger charge is 2.19. The Morgan fingerprint density at radius 3 is 2.75 bits per heavy atom. The van der Waals surface area contributed by atoms with E-state index in [1.54, 1.807) is 23.2 Å². The van der Waals surface area contributed by atoms with Crippen molar-refractivity contribution in [2.75, 3.05) is 0 Å². The van der Waals surface area contributed by atoms with Gasteiger partial charge in [-0.3, -0.25) is 0 Å². The van der Waals surface area contributed by atoms with Crippen LogP contribution < -0.4 is 5.73 Å². The first kappa shape index (κ1) is 10.8. The lowest BCUT2D eigenvalue weighted by Gasteiger charge is -2.20. The molecule has 0 aliphatic carbocycles. The number of hydrogen-bond donors (Lipinski definition) is 1. The first-order chi connectivity index (χ1) is 7.48. The average Bonchev–Trinajstić information content (AvgIpc) is 2.65. The summed E-state index contributed by atoms with van der Waals surface area (Å²) in [5.41, 5.74) is 7.09. The fraction of sp³-hybridized carbons (Fsp3) is 0.250. The van der Waals surface area contributed by atoms with Crippen molar-refractivity contribution in [2.45, 2.75) is 19.4 Å². The van der Waals surface area contributed by atoms with E-state index in [4.69, 9.17) is 5.73 Å². The molecule has 16 heavy (non-hydrogen) atoms. The van der Waals surface area contributed by atoms with Gasteiger partial charge in [0.05, 0.1) is 23.8 Å². The van der Waals surface area contributed by atoms with Crippen molar-refractivity contribution in [2.24, 2.45) is 5.73 Å². The second kappa shape index (κ2) is 3.72. The molecule has 4 heteroatoms. The van der Waals surface area contributed by atoms with Crippen LogP contribution in [0.5, 0.6) is 0 Å². The lowest BCUT2D eigenvalue weighted by atomic mass is 10.0. The smallest absolute Gasteiger partial charge is 0.125 e. The molecule has 0 bridgehead atoms. The van der Waals surface area contributed by atoms with E-state index in [-0.39, 0.29) is 5.82 Å². The van der Waals surface area contributed by atoms with Crippen LogP contribution in [0.15, 0.2) is 36.8 Å². The molecule has 3 nitrogen and oxygen atoms in total. The number of benzene rings is 1. The van der Waals surface area contributed by atoms with E-state index in [1.165, 1.54) is 12.1 Å². The van der Waals surface area contributed by atoms with Crippen molar-refractivity contribution in [3.63, 3.8) is 0 Å². The summed E-state index contributed by atoms with van der Waals surface area (Å²) < 4.78 is 14.9. The third-order valence-corrected chi connectivity index (χ3v) is 2.39. The number of imidazole rings is 1. The fourth-order valence-electron chi connectivity index (χ4n) is 1.60. The standard InChI is InChI=1S/C12H14FN3/c1-12(2,14)11-7-15-8-16(11)10-5-3-4-9(13)6-10/h3-8H,14H2,1-2H3. The maximum atomic E-state index is 13.1. The second-order valence-electron chi connectivity index (χ2n) is 4.35. The van der Waals surface area contributed by atoms with Gasteiger partial charge in [-0.25, -0.2) is 9.37 Å². The predicted molar refractivity (Wildman–Crippen MR) is 60.7 cm³/mol. The zero-order valence-electron chi connectivity index (χ0n) is 9.31. The van der Waals surface area contributed by atoms with Crippen LogP contribution in [-0.2, 0) is 5.54 Å². The largest absolute Gasteiger partial charge is 0.321 e. The molecular weight excluding hydrogens is 205 g/mol. The molecule has 0 unspecified atom stereocenters.